The normalized spacial score (nSPS) is 15.4. The maximum absolute atomic E-state index is 13.8. The molecule has 5 rings (SSSR count). The molecule has 39 heavy (non-hydrogen) atoms. The van der Waals surface area contributed by atoms with Gasteiger partial charge in [0.25, 0.3) is 5.91 Å². The van der Waals surface area contributed by atoms with Crippen molar-refractivity contribution >= 4 is 88.1 Å². The lowest BCUT2D eigenvalue weighted by Crippen LogP contribution is -2.28. The first kappa shape index (κ1) is 27.9. The van der Waals surface area contributed by atoms with Crippen molar-refractivity contribution in [2.75, 3.05) is 4.90 Å². The first-order valence-electron chi connectivity index (χ1n) is 12.1. The van der Waals surface area contributed by atoms with Crippen LogP contribution in [0.4, 0.5) is 11.4 Å². The van der Waals surface area contributed by atoms with Crippen LogP contribution in [0.5, 0.6) is 5.75 Å². The van der Waals surface area contributed by atoms with Crippen molar-refractivity contribution < 1.29 is 9.53 Å². The van der Waals surface area contributed by atoms with Crippen LogP contribution in [-0.4, -0.2) is 11.1 Å². The van der Waals surface area contributed by atoms with Crippen molar-refractivity contribution in [3.8, 4) is 5.75 Å². The van der Waals surface area contributed by atoms with Crippen molar-refractivity contribution in [2.24, 2.45) is 4.99 Å². The molecule has 0 unspecified atom stereocenters. The summed E-state index contributed by atoms with van der Waals surface area (Å²) in [6.45, 7) is 4.45. The molecule has 0 aliphatic carbocycles. The van der Waals surface area contributed by atoms with Gasteiger partial charge in [0.1, 0.15) is 12.4 Å². The minimum atomic E-state index is -0.135. The highest BCUT2D eigenvalue weighted by atomic mass is 79.9. The number of nitrogens with zero attached hydrogens (tertiary/aromatic N) is 2. The van der Waals surface area contributed by atoms with Gasteiger partial charge in [-0.1, -0.05) is 79.4 Å². The number of aliphatic imine (C=N–C) groups is 1. The van der Waals surface area contributed by atoms with Crippen LogP contribution < -0.4 is 9.64 Å². The molecule has 0 aromatic heterocycles. The van der Waals surface area contributed by atoms with Crippen LogP contribution in [0, 0.1) is 13.8 Å². The van der Waals surface area contributed by atoms with Gasteiger partial charge in [0.2, 0.25) is 0 Å². The molecule has 1 fully saturated rings. The van der Waals surface area contributed by atoms with E-state index in [1.165, 1.54) is 11.8 Å². The Morgan fingerprint density at radius 2 is 1.49 bits per heavy atom. The average molecular weight is 727 g/mol. The molecule has 0 bridgehead atoms. The summed E-state index contributed by atoms with van der Waals surface area (Å²) in [4.78, 5) is 20.9. The van der Waals surface area contributed by atoms with Gasteiger partial charge in [0.15, 0.2) is 5.17 Å². The van der Waals surface area contributed by atoms with Gasteiger partial charge >= 0.3 is 0 Å². The lowest BCUT2D eigenvalue weighted by Gasteiger charge is -2.16. The number of carbonyl (C=O) groups is 1. The van der Waals surface area contributed by atoms with Crippen LogP contribution in [0.3, 0.4) is 0 Å². The predicted molar refractivity (Wildman–Crippen MR) is 173 cm³/mol. The monoisotopic (exact) mass is 724 g/mol. The summed E-state index contributed by atoms with van der Waals surface area (Å²) in [6, 6.07) is 27.7. The Labute approximate surface area is 257 Å². The van der Waals surface area contributed by atoms with E-state index in [0.717, 1.165) is 47.0 Å². The van der Waals surface area contributed by atoms with Gasteiger partial charge in [-0.2, -0.15) is 0 Å². The number of hydrogen-bond acceptors (Lipinski definition) is 4. The number of amides is 1. The molecule has 1 saturated heterocycles. The molecule has 0 N–H and O–H groups in total. The Balaban J connectivity index is 1.53. The van der Waals surface area contributed by atoms with Gasteiger partial charge in [-0.15, -0.1) is 0 Å². The fraction of sp³-hybridized carbons (Fsp3) is 0.0968. The molecule has 4 aromatic rings. The summed E-state index contributed by atoms with van der Waals surface area (Å²) in [5.74, 6) is 0.525. The molecule has 0 atom stereocenters. The second-order valence-corrected chi connectivity index (χ2v) is 12.7. The molecule has 196 valence electrons. The van der Waals surface area contributed by atoms with E-state index in [1.807, 2.05) is 105 Å². The second kappa shape index (κ2) is 12.3. The van der Waals surface area contributed by atoms with Crippen LogP contribution in [0.2, 0.25) is 0 Å². The van der Waals surface area contributed by atoms with Crippen molar-refractivity contribution in [1.82, 2.24) is 0 Å². The lowest BCUT2D eigenvalue weighted by molar-refractivity contribution is -0.113. The largest absolute Gasteiger partial charge is 0.487 e. The third kappa shape index (κ3) is 6.74. The van der Waals surface area contributed by atoms with Crippen molar-refractivity contribution in [3.05, 3.63) is 126 Å². The first-order valence-corrected chi connectivity index (χ1v) is 15.3. The molecular weight excluding hydrogens is 704 g/mol. The van der Waals surface area contributed by atoms with Crippen LogP contribution >= 0.6 is 59.6 Å². The van der Waals surface area contributed by atoms with E-state index in [4.69, 9.17) is 9.73 Å². The number of carbonyl (C=O) groups excluding carboxylic acids is 1. The number of ether oxygens (including phenoxy) is 1. The number of aryl methyl sites for hydroxylation is 2. The fourth-order valence-corrected chi connectivity index (χ4v) is 6.55. The number of halogens is 3. The minimum Gasteiger partial charge on any atom is -0.487 e. The Morgan fingerprint density at radius 3 is 2.15 bits per heavy atom. The van der Waals surface area contributed by atoms with Crippen LogP contribution in [-0.2, 0) is 11.4 Å². The quantitative estimate of drug-likeness (QED) is 0.186. The zero-order chi connectivity index (χ0) is 27.5. The van der Waals surface area contributed by atoms with Crippen LogP contribution in [0.25, 0.3) is 6.08 Å². The third-order valence-electron chi connectivity index (χ3n) is 5.98. The van der Waals surface area contributed by atoms with Gasteiger partial charge in [0.05, 0.1) is 20.8 Å². The lowest BCUT2D eigenvalue weighted by atomic mass is 10.1. The van der Waals surface area contributed by atoms with E-state index in [0.29, 0.717) is 22.4 Å². The summed E-state index contributed by atoms with van der Waals surface area (Å²) >= 11 is 12.1. The van der Waals surface area contributed by atoms with E-state index in [-0.39, 0.29) is 5.91 Å². The number of hydrogen-bond donors (Lipinski definition) is 0. The Hall–Kier alpha value is -2.65. The van der Waals surface area contributed by atoms with Gasteiger partial charge in [-0.05, 0) is 102 Å². The SMILES string of the molecule is Cc1ccc(N=C2S/C(=C\c3cc(Br)cc(Br)c3OCc3ccc(Br)cc3)C(=O)N2c2ccc(C)cc2)cc1. The molecule has 1 amide bonds. The Morgan fingerprint density at radius 1 is 0.846 bits per heavy atom. The van der Waals surface area contributed by atoms with Crippen molar-refractivity contribution in [1.29, 1.82) is 0 Å². The number of anilines is 1. The van der Waals surface area contributed by atoms with Crippen molar-refractivity contribution in [2.45, 2.75) is 20.5 Å². The molecule has 8 heteroatoms. The topological polar surface area (TPSA) is 41.9 Å². The molecule has 4 nitrogen and oxygen atoms in total. The van der Waals surface area contributed by atoms with Crippen LogP contribution in [0.15, 0.2) is 108 Å². The maximum atomic E-state index is 13.8. The van der Waals surface area contributed by atoms with E-state index in [2.05, 4.69) is 47.8 Å². The molecule has 1 heterocycles. The number of thioether (sulfide) groups is 1. The molecule has 4 aromatic carbocycles. The highest BCUT2D eigenvalue weighted by Crippen LogP contribution is 2.41. The second-order valence-electron chi connectivity index (χ2n) is 9.04. The van der Waals surface area contributed by atoms with E-state index >= 15 is 0 Å². The predicted octanol–water partition coefficient (Wildman–Crippen LogP) is 9.98. The Kier molecular flexibility index (Phi) is 8.76. The fourth-order valence-electron chi connectivity index (χ4n) is 3.92. The van der Waals surface area contributed by atoms with E-state index in [1.54, 1.807) is 4.90 Å². The zero-order valence-electron chi connectivity index (χ0n) is 21.1. The van der Waals surface area contributed by atoms with Gasteiger partial charge in [-0.25, -0.2) is 4.99 Å². The molecule has 0 saturated carbocycles. The minimum absolute atomic E-state index is 0.135. The molecular formula is C31H23Br3N2O2S. The molecule has 0 spiro atoms. The van der Waals surface area contributed by atoms with Gasteiger partial charge in [-0.3, -0.25) is 9.69 Å². The Bertz CT molecular complexity index is 1580. The molecule has 1 aliphatic rings. The summed E-state index contributed by atoms with van der Waals surface area (Å²) in [5, 5.41) is 0.602. The van der Waals surface area contributed by atoms with Crippen LogP contribution in [0.1, 0.15) is 22.3 Å². The molecule has 1 aliphatic heterocycles. The smallest absolute Gasteiger partial charge is 0.271 e. The highest BCUT2D eigenvalue weighted by Gasteiger charge is 2.35. The van der Waals surface area contributed by atoms with E-state index < -0.39 is 0 Å². The summed E-state index contributed by atoms with van der Waals surface area (Å²) in [6.07, 6.45) is 1.87. The maximum Gasteiger partial charge on any atom is 0.271 e. The van der Waals surface area contributed by atoms with Gasteiger partial charge < -0.3 is 4.74 Å². The number of amidine groups is 1. The number of rotatable bonds is 6. The average Bonchev–Trinajstić information content (AvgIpc) is 3.20. The summed E-state index contributed by atoms with van der Waals surface area (Å²) < 4.78 is 8.94. The standard InChI is InChI=1S/C31H23Br3N2O2S/c1-19-3-11-25(12-4-19)35-31-36(26-13-5-20(2)6-14-26)30(37)28(39-31)16-22-15-24(33)17-27(34)29(22)38-18-21-7-9-23(32)10-8-21/h3-17H,18H2,1-2H3/b28-16-,35-31?. The zero-order valence-corrected chi connectivity index (χ0v) is 26.7. The van der Waals surface area contributed by atoms with Gasteiger partial charge in [0, 0.05) is 14.5 Å². The number of benzene rings is 4. The summed E-state index contributed by atoms with van der Waals surface area (Å²) in [7, 11) is 0. The summed E-state index contributed by atoms with van der Waals surface area (Å²) in [5.41, 5.74) is 5.66. The first-order chi connectivity index (χ1) is 18.8. The highest BCUT2D eigenvalue weighted by molar-refractivity contribution is 9.11. The molecule has 0 radical (unpaired) electrons. The van der Waals surface area contributed by atoms with Crippen molar-refractivity contribution in [3.63, 3.8) is 0 Å². The third-order valence-corrected chi connectivity index (χ3v) is 8.52. The van der Waals surface area contributed by atoms with E-state index in [9.17, 15) is 4.79 Å².